The maximum absolute atomic E-state index is 12.4. The van der Waals surface area contributed by atoms with E-state index in [4.69, 9.17) is 0 Å². The summed E-state index contributed by atoms with van der Waals surface area (Å²) in [6, 6.07) is 7.87. The Balaban J connectivity index is 1.75. The minimum atomic E-state index is -0.651. The van der Waals surface area contributed by atoms with E-state index in [0.29, 0.717) is 12.4 Å². The number of hydrogen-bond acceptors (Lipinski definition) is 4. The molecular formula is C19H26N5O2S+. The van der Waals surface area contributed by atoms with E-state index in [1.165, 1.54) is 4.90 Å². The number of para-hydroxylation sites is 1. The molecule has 2 aromatic rings. The largest absolute Gasteiger partial charge is 0.348 e. The molecule has 0 atom stereocenters. The van der Waals surface area contributed by atoms with Crippen LogP contribution in [0, 0.1) is 6.92 Å². The van der Waals surface area contributed by atoms with Gasteiger partial charge in [0.1, 0.15) is 5.82 Å². The van der Waals surface area contributed by atoms with Gasteiger partial charge in [0.2, 0.25) is 0 Å². The molecule has 0 radical (unpaired) electrons. The van der Waals surface area contributed by atoms with E-state index in [1.54, 1.807) is 16.4 Å². The number of anilines is 1. The lowest BCUT2D eigenvalue weighted by atomic mass is 10.2. The first-order chi connectivity index (χ1) is 13.0. The van der Waals surface area contributed by atoms with Crippen molar-refractivity contribution >= 4 is 29.4 Å². The second kappa shape index (κ2) is 8.58. The van der Waals surface area contributed by atoms with Crippen molar-refractivity contribution in [1.82, 2.24) is 15.1 Å². The molecule has 1 aromatic heterocycles. The number of fused-ring (bicyclic) bond motifs is 1. The van der Waals surface area contributed by atoms with Crippen molar-refractivity contribution in [2.45, 2.75) is 24.9 Å². The number of aromatic nitrogens is 2. The van der Waals surface area contributed by atoms with E-state index < -0.39 is 11.8 Å². The summed E-state index contributed by atoms with van der Waals surface area (Å²) in [7, 11) is 4.11. The van der Waals surface area contributed by atoms with Crippen LogP contribution in [0.4, 0.5) is 5.82 Å². The molecule has 0 bridgehead atoms. The molecule has 0 spiro atoms. The number of benzene rings is 1. The fourth-order valence-corrected chi connectivity index (χ4v) is 4.04. The average Bonchev–Trinajstić information content (AvgIpc) is 3.21. The fourth-order valence-electron chi connectivity index (χ4n) is 3.01. The molecule has 3 rings (SSSR count). The summed E-state index contributed by atoms with van der Waals surface area (Å²) in [5.74, 6) is 0.935. The number of amides is 2. The lowest BCUT2D eigenvalue weighted by Crippen LogP contribution is -3.05. The smallest absolute Gasteiger partial charge is 0.314 e. The van der Waals surface area contributed by atoms with Gasteiger partial charge in [-0.05, 0) is 18.6 Å². The highest BCUT2D eigenvalue weighted by atomic mass is 32.2. The van der Waals surface area contributed by atoms with E-state index in [1.807, 2.05) is 31.2 Å². The van der Waals surface area contributed by atoms with Crippen molar-refractivity contribution in [1.29, 1.82) is 0 Å². The molecular weight excluding hydrogens is 362 g/mol. The van der Waals surface area contributed by atoms with Gasteiger partial charge in [-0.15, -0.1) is 0 Å². The molecule has 1 aliphatic rings. The number of nitrogens with zero attached hydrogens (tertiary/aromatic N) is 2. The molecule has 0 saturated heterocycles. The third-order valence-corrected chi connectivity index (χ3v) is 5.44. The average molecular weight is 389 g/mol. The van der Waals surface area contributed by atoms with Crippen LogP contribution >= 0.6 is 11.8 Å². The number of carbonyl (C=O) groups is 2. The molecule has 1 aromatic carbocycles. The molecule has 2 amide bonds. The summed E-state index contributed by atoms with van der Waals surface area (Å²) in [5, 5.41) is 10.2. The Hall–Kier alpha value is -2.32. The van der Waals surface area contributed by atoms with Crippen LogP contribution in [-0.4, -0.2) is 48.8 Å². The number of aryl methyl sites for hydroxylation is 1. The monoisotopic (exact) mass is 388 g/mol. The van der Waals surface area contributed by atoms with Gasteiger partial charge < -0.3 is 15.5 Å². The minimum absolute atomic E-state index is 0.489. The van der Waals surface area contributed by atoms with Crippen molar-refractivity contribution in [3.05, 3.63) is 41.1 Å². The van der Waals surface area contributed by atoms with Crippen LogP contribution in [0.1, 0.15) is 23.2 Å². The summed E-state index contributed by atoms with van der Waals surface area (Å²) in [6.07, 6.45) is 0.828. The van der Waals surface area contributed by atoms with E-state index in [-0.39, 0.29) is 0 Å². The van der Waals surface area contributed by atoms with E-state index in [0.717, 1.165) is 47.0 Å². The molecule has 8 heteroatoms. The summed E-state index contributed by atoms with van der Waals surface area (Å²) in [6.45, 7) is 3.43. The van der Waals surface area contributed by atoms with Crippen LogP contribution in [0.5, 0.6) is 0 Å². The molecule has 0 saturated carbocycles. The summed E-state index contributed by atoms with van der Waals surface area (Å²) in [4.78, 5) is 25.9. The van der Waals surface area contributed by atoms with Crippen molar-refractivity contribution in [3.63, 3.8) is 0 Å². The molecule has 144 valence electrons. The van der Waals surface area contributed by atoms with Gasteiger partial charge in [-0.1, -0.05) is 18.2 Å². The molecule has 7 nitrogen and oxygen atoms in total. The lowest BCUT2D eigenvalue weighted by molar-refractivity contribution is -0.858. The third kappa shape index (κ3) is 4.51. The SMILES string of the molecule is Cc1ccccc1-n1nc2c(c1NC(=O)C(=O)NCCC[NH+](C)C)CSC2. The second-order valence-electron chi connectivity index (χ2n) is 6.99. The van der Waals surface area contributed by atoms with Gasteiger partial charge in [-0.25, -0.2) is 4.68 Å². The standard InChI is InChI=1S/C19H25N5O2S/c1-13-7-4-5-8-16(13)24-17(14-11-27-12-15(14)22-24)21-19(26)18(25)20-9-6-10-23(2)3/h4-5,7-8H,6,9-12H2,1-3H3,(H,20,25)(H,21,26)/p+1. The van der Waals surface area contributed by atoms with Gasteiger partial charge in [-0.2, -0.15) is 16.9 Å². The van der Waals surface area contributed by atoms with Crippen LogP contribution in [0.3, 0.4) is 0 Å². The predicted octanol–water partition coefficient (Wildman–Crippen LogP) is 0.517. The van der Waals surface area contributed by atoms with Gasteiger partial charge in [0.15, 0.2) is 0 Å². The molecule has 3 N–H and O–H groups in total. The minimum Gasteiger partial charge on any atom is -0.348 e. The third-order valence-electron chi connectivity index (χ3n) is 4.47. The summed E-state index contributed by atoms with van der Waals surface area (Å²) < 4.78 is 1.75. The fraction of sp³-hybridized carbons (Fsp3) is 0.421. The highest BCUT2D eigenvalue weighted by Gasteiger charge is 2.26. The Morgan fingerprint density at radius 1 is 1.22 bits per heavy atom. The first-order valence-corrected chi connectivity index (χ1v) is 10.3. The van der Waals surface area contributed by atoms with Crippen LogP contribution in [0.15, 0.2) is 24.3 Å². The van der Waals surface area contributed by atoms with Gasteiger partial charge in [-0.3, -0.25) is 9.59 Å². The van der Waals surface area contributed by atoms with Crippen LogP contribution in [-0.2, 0) is 21.1 Å². The van der Waals surface area contributed by atoms with Crippen LogP contribution in [0.25, 0.3) is 5.69 Å². The van der Waals surface area contributed by atoms with Crippen molar-refractivity contribution in [3.8, 4) is 5.69 Å². The zero-order valence-electron chi connectivity index (χ0n) is 16.0. The van der Waals surface area contributed by atoms with Crippen molar-refractivity contribution < 1.29 is 14.5 Å². The van der Waals surface area contributed by atoms with Crippen molar-refractivity contribution in [2.24, 2.45) is 0 Å². The summed E-state index contributed by atoms with van der Waals surface area (Å²) >= 11 is 1.76. The normalized spacial score (nSPS) is 12.9. The highest BCUT2D eigenvalue weighted by molar-refractivity contribution is 7.98. The predicted molar refractivity (Wildman–Crippen MR) is 107 cm³/mol. The van der Waals surface area contributed by atoms with Crippen LogP contribution in [0.2, 0.25) is 0 Å². The quantitative estimate of drug-likeness (QED) is 0.498. The van der Waals surface area contributed by atoms with E-state index in [9.17, 15) is 9.59 Å². The summed E-state index contributed by atoms with van der Waals surface area (Å²) in [5.41, 5.74) is 3.92. The lowest BCUT2D eigenvalue weighted by Gasteiger charge is -2.13. The molecule has 2 heterocycles. The first-order valence-electron chi connectivity index (χ1n) is 9.10. The Labute approximate surface area is 163 Å². The second-order valence-corrected chi connectivity index (χ2v) is 7.97. The Kier molecular flexibility index (Phi) is 6.18. The maximum Gasteiger partial charge on any atom is 0.314 e. The van der Waals surface area contributed by atoms with E-state index in [2.05, 4.69) is 29.8 Å². The molecule has 0 fully saturated rings. The Morgan fingerprint density at radius 2 is 2.00 bits per heavy atom. The Morgan fingerprint density at radius 3 is 2.74 bits per heavy atom. The topological polar surface area (TPSA) is 80.5 Å². The Bertz CT molecular complexity index is 847. The highest BCUT2D eigenvalue weighted by Crippen LogP contribution is 2.36. The van der Waals surface area contributed by atoms with Crippen LogP contribution < -0.4 is 15.5 Å². The number of quaternary nitrogens is 1. The molecule has 27 heavy (non-hydrogen) atoms. The molecule has 0 unspecified atom stereocenters. The number of hydrogen-bond donors (Lipinski definition) is 3. The van der Waals surface area contributed by atoms with Crippen molar-refractivity contribution in [2.75, 3.05) is 32.5 Å². The number of carbonyl (C=O) groups excluding carboxylic acids is 2. The zero-order valence-corrected chi connectivity index (χ0v) is 16.8. The van der Waals surface area contributed by atoms with E-state index >= 15 is 0 Å². The van der Waals surface area contributed by atoms with Gasteiger partial charge in [0, 0.05) is 30.0 Å². The number of thioether (sulfide) groups is 1. The molecule has 0 aliphatic carbocycles. The molecule has 1 aliphatic heterocycles. The number of rotatable bonds is 6. The number of nitrogens with one attached hydrogen (secondary N) is 3. The van der Waals surface area contributed by atoms with Gasteiger partial charge in [0.25, 0.3) is 0 Å². The maximum atomic E-state index is 12.4. The van der Waals surface area contributed by atoms with Gasteiger partial charge in [0.05, 0.1) is 32.0 Å². The van der Waals surface area contributed by atoms with Gasteiger partial charge >= 0.3 is 11.8 Å². The zero-order chi connectivity index (χ0) is 19.4. The first kappa shape index (κ1) is 19.4.